The van der Waals surface area contributed by atoms with Crippen molar-refractivity contribution in [1.82, 2.24) is 9.88 Å². The highest BCUT2D eigenvalue weighted by Crippen LogP contribution is 2.36. The van der Waals surface area contributed by atoms with E-state index < -0.39 is 0 Å². The Kier molecular flexibility index (Phi) is 9.18. The minimum Gasteiger partial charge on any atom is -0.494 e. The number of fused-ring (bicyclic) bond motifs is 1. The van der Waals surface area contributed by atoms with Crippen LogP contribution in [-0.2, 0) is 13.0 Å². The van der Waals surface area contributed by atoms with Gasteiger partial charge in [-0.25, -0.2) is 4.39 Å². The maximum Gasteiger partial charge on any atom is 0.156 e. The summed E-state index contributed by atoms with van der Waals surface area (Å²) < 4.78 is 24.0. The van der Waals surface area contributed by atoms with Crippen molar-refractivity contribution < 1.29 is 9.13 Å². The van der Waals surface area contributed by atoms with E-state index in [2.05, 4.69) is 48.0 Å². The fourth-order valence-electron chi connectivity index (χ4n) is 4.64. The largest absolute Gasteiger partial charge is 0.494 e. The molecule has 4 aromatic rings. The molecule has 0 saturated heterocycles. The minimum absolute atomic E-state index is 0.185. The number of halogens is 1. The lowest BCUT2D eigenvalue weighted by molar-refractivity contribution is 0.309. The molecule has 0 bridgehead atoms. The van der Waals surface area contributed by atoms with Crippen molar-refractivity contribution in [3.63, 3.8) is 0 Å². The third-order valence-corrected chi connectivity index (χ3v) is 6.80. The Hall–Kier alpha value is -3.11. The number of nitrogens with one attached hydrogen (secondary N) is 1. The molecule has 36 heavy (non-hydrogen) atoms. The molecule has 0 fully saturated rings. The van der Waals surface area contributed by atoms with Crippen LogP contribution in [0.3, 0.4) is 0 Å². The summed E-state index contributed by atoms with van der Waals surface area (Å²) in [7, 11) is 0. The summed E-state index contributed by atoms with van der Waals surface area (Å²) in [6, 6.07) is 22.6. The van der Waals surface area contributed by atoms with Gasteiger partial charge >= 0.3 is 0 Å². The van der Waals surface area contributed by atoms with E-state index in [1.54, 1.807) is 0 Å². The zero-order valence-electron chi connectivity index (χ0n) is 21.9. The van der Waals surface area contributed by atoms with Crippen LogP contribution in [0.15, 0.2) is 66.7 Å². The molecule has 3 aromatic carbocycles. The number of benzene rings is 3. The summed E-state index contributed by atoms with van der Waals surface area (Å²) in [6.07, 6.45) is 5.50. The third kappa shape index (κ3) is 6.17. The summed E-state index contributed by atoms with van der Waals surface area (Å²) in [6.45, 7) is 9.72. The molecule has 1 aromatic heterocycles. The molecule has 0 saturated carbocycles. The van der Waals surface area contributed by atoms with Crippen LogP contribution in [0.2, 0.25) is 0 Å². The monoisotopic (exact) mass is 486 g/mol. The Morgan fingerprint density at radius 3 is 2.36 bits per heavy atom. The Morgan fingerprint density at radius 2 is 1.61 bits per heavy atom. The summed E-state index contributed by atoms with van der Waals surface area (Å²) in [5.41, 5.74) is 5.99. The third-order valence-electron chi connectivity index (χ3n) is 6.80. The van der Waals surface area contributed by atoms with Gasteiger partial charge in [-0.15, -0.1) is 0 Å². The zero-order chi connectivity index (χ0) is 25.3. The SMILES string of the molecule is CCCCNCCc1ccc(Cn2c(-c3ccccc3C)c(F)c3cc(OCCCC)ccc32)cc1. The molecule has 0 spiro atoms. The van der Waals surface area contributed by atoms with Crippen molar-refractivity contribution in [2.45, 2.75) is 59.4 Å². The van der Waals surface area contributed by atoms with E-state index in [9.17, 15) is 0 Å². The van der Waals surface area contributed by atoms with Crippen molar-refractivity contribution in [1.29, 1.82) is 0 Å². The molecular weight excluding hydrogens is 447 g/mol. The standard InChI is InChI=1S/C32H39FN2O/c1-4-6-19-34-20-18-25-12-14-26(15-13-25)23-35-30-17-16-27(36-21-7-5-2)22-29(30)31(33)32(35)28-11-9-8-10-24(28)3/h8-17,22,34H,4-7,18-21,23H2,1-3H3. The normalized spacial score (nSPS) is 11.3. The first-order valence-electron chi connectivity index (χ1n) is 13.4. The second kappa shape index (κ2) is 12.7. The average molecular weight is 487 g/mol. The van der Waals surface area contributed by atoms with Crippen LogP contribution in [0.1, 0.15) is 56.2 Å². The van der Waals surface area contributed by atoms with Crippen LogP contribution in [-0.4, -0.2) is 24.3 Å². The zero-order valence-corrected chi connectivity index (χ0v) is 21.9. The van der Waals surface area contributed by atoms with Crippen LogP contribution in [0.5, 0.6) is 5.75 Å². The number of nitrogens with zero attached hydrogens (tertiary/aromatic N) is 1. The molecule has 0 radical (unpaired) electrons. The highest BCUT2D eigenvalue weighted by Gasteiger charge is 2.21. The average Bonchev–Trinajstić information content (AvgIpc) is 3.16. The van der Waals surface area contributed by atoms with E-state index in [-0.39, 0.29) is 5.82 Å². The summed E-state index contributed by atoms with van der Waals surface area (Å²) in [4.78, 5) is 0. The van der Waals surface area contributed by atoms with Crippen molar-refractivity contribution in [2.24, 2.45) is 0 Å². The summed E-state index contributed by atoms with van der Waals surface area (Å²) in [5, 5.41) is 4.12. The first-order chi connectivity index (χ1) is 17.6. The molecule has 0 amide bonds. The van der Waals surface area contributed by atoms with Crippen molar-refractivity contribution >= 4 is 10.9 Å². The van der Waals surface area contributed by atoms with E-state index >= 15 is 4.39 Å². The number of hydrogen-bond donors (Lipinski definition) is 1. The lowest BCUT2D eigenvalue weighted by Crippen LogP contribution is -2.18. The molecule has 4 rings (SSSR count). The van der Waals surface area contributed by atoms with E-state index in [1.807, 2.05) is 49.4 Å². The molecule has 1 N–H and O–H groups in total. The van der Waals surface area contributed by atoms with E-state index in [1.165, 1.54) is 18.4 Å². The Morgan fingerprint density at radius 1 is 0.861 bits per heavy atom. The highest BCUT2D eigenvalue weighted by molar-refractivity contribution is 5.89. The molecule has 1 heterocycles. The molecule has 0 aliphatic carbocycles. The predicted octanol–water partition coefficient (Wildman–Crippen LogP) is 7.92. The lowest BCUT2D eigenvalue weighted by Gasteiger charge is -2.14. The maximum atomic E-state index is 16.0. The van der Waals surface area contributed by atoms with Gasteiger partial charge in [-0.2, -0.15) is 0 Å². The van der Waals surface area contributed by atoms with Gasteiger partial charge in [-0.05, 0) is 74.2 Å². The summed E-state index contributed by atoms with van der Waals surface area (Å²) in [5.74, 6) is 0.537. The topological polar surface area (TPSA) is 26.2 Å². The quantitative estimate of drug-likeness (QED) is 0.194. The molecule has 0 atom stereocenters. The van der Waals surface area contributed by atoms with Gasteiger partial charge in [0, 0.05) is 17.5 Å². The predicted molar refractivity (Wildman–Crippen MR) is 149 cm³/mol. The molecule has 0 aliphatic heterocycles. The molecular formula is C32H39FN2O. The van der Waals surface area contributed by atoms with Gasteiger partial charge in [0.15, 0.2) is 5.82 Å². The highest BCUT2D eigenvalue weighted by atomic mass is 19.1. The smallest absolute Gasteiger partial charge is 0.156 e. The van der Waals surface area contributed by atoms with Gasteiger partial charge in [-0.1, -0.05) is 75.2 Å². The van der Waals surface area contributed by atoms with Crippen LogP contribution in [0.25, 0.3) is 22.2 Å². The molecule has 3 nitrogen and oxygen atoms in total. The molecule has 190 valence electrons. The van der Waals surface area contributed by atoms with Gasteiger partial charge < -0.3 is 14.6 Å². The lowest BCUT2D eigenvalue weighted by atomic mass is 10.0. The van der Waals surface area contributed by atoms with Crippen LogP contribution in [0, 0.1) is 12.7 Å². The number of aromatic nitrogens is 1. The van der Waals surface area contributed by atoms with Crippen LogP contribution >= 0.6 is 0 Å². The van der Waals surface area contributed by atoms with Crippen LogP contribution in [0.4, 0.5) is 4.39 Å². The van der Waals surface area contributed by atoms with E-state index in [0.717, 1.165) is 60.3 Å². The second-order valence-corrected chi connectivity index (χ2v) is 9.61. The van der Waals surface area contributed by atoms with Crippen molar-refractivity contribution in [3.8, 4) is 17.0 Å². The minimum atomic E-state index is -0.185. The Labute approximate surface area is 215 Å². The van der Waals surface area contributed by atoms with Crippen LogP contribution < -0.4 is 10.1 Å². The Bertz CT molecular complexity index is 1260. The van der Waals surface area contributed by atoms with Gasteiger partial charge in [0.25, 0.3) is 0 Å². The van der Waals surface area contributed by atoms with Crippen molar-refractivity contribution in [3.05, 3.63) is 89.2 Å². The van der Waals surface area contributed by atoms with Crippen molar-refractivity contribution in [2.75, 3.05) is 19.7 Å². The summed E-state index contributed by atoms with van der Waals surface area (Å²) >= 11 is 0. The van der Waals surface area contributed by atoms with Gasteiger partial charge in [0.05, 0.1) is 17.8 Å². The van der Waals surface area contributed by atoms with E-state index in [0.29, 0.717) is 24.2 Å². The first-order valence-corrected chi connectivity index (χ1v) is 13.4. The first kappa shape index (κ1) is 26.0. The molecule has 0 aliphatic rings. The molecule has 0 unspecified atom stereocenters. The Balaban J connectivity index is 1.64. The number of rotatable bonds is 13. The molecule has 4 heteroatoms. The number of hydrogen-bond acceptors (Lipinski definition) is 2. The fraction of sp³-hybridized carbons (Fsp3) is 0.375. The van der Waals surface area contributed by atoms with Gasteiger partial charge in [0.1, 0.15) is 5.75 Å². The number of unbranched alkanes of at least 4 members (excludes halogenated alkanes) is 2. The second-order valence-electron chi connectivity index (χ2n) is 9.61. The number of ether oxygens (including phenoxy) is 1. The fourth-order valence-corrected chi connectivity index (χ4v) is 4.64. The van der Waals surface area contributed by atoms with Gasteiger partial charge in [0.2, 0.25) is 0 Å². The number of aryl methyl sites for hydroxylation is 1. The van der Waals surface area contributed by atoms with E-state index in [4.69, 9.17) is 4.74 Å². The maximum absolute atomic E-state index is 16.0. The van der Waals surface area contributed by atoms with Gasteiger partial charge in [-0.3, -0.25) is 0 Å².